The predicted molar refractivity (Wildman–Crippen MR) is 84.0 cm³/mol. The first-order valence-corrected chi connectivity index (χ1v) is 7.77. The van der Waals surface area contributed by atoms with Gasteiger partial charge in [0.25, 0.3) is 0 Å². The van der Waals surface area contributed by atoms with Gasteiger partial charge >= 0.3 is 6.09 Å². The van der Waals surface area contributed by atoms with Crippen LogP contribution in [0.15, 0.2) is 18.5 Å². The number of aromatic amines is 1. The first-order valence-electron chi connectivity index (χ1n) is 7.77. The number of carbonyl (C=O) groups excluding carboxylic acids is 1. The maximum Gasteiger partial charge on any atom is 0.407 e. The zero-order valence-corrected chi connectivity index (χ0v) is 12.8. The quantitative estimate of drug-likeness (QED) is 0.755. The Bertz CT molecular complexity index is 846. The van der Waals surface area contributed by atoms with Crippen molar-refractivity contribution in [3.8, 4) is 0 Å². The number of nitrogens with one attached hydrogen (secondary N) is 2. The molecule has 1 fully saturated rings. The molecule has 0 spiro atoms. The van der Waals surface area contributed by atoms with E-state index in [1.165, 1.54) is 7.11 Å². The van der Waals surface area contributed by atoms with Crippen molar-refractivity contribution in [3.05, 3.63) is 18.5 Å². The zero-order valence-electron chi connectivity index (χ0n) is 12.8. The summed E-state index contributed by atoms with van der Waals surface area (Å²) < 4.78 is 6.68. The number of aromatic nitrogens is 5. The molecule has 3 heterocycles. The summed E-state index contributed by atoms with van der Waals surface area (Å²) in [6, 6.07) is 2.47. The molecule has 0 aromatic carbocycles. The number of nitrogens with zero attached hydrogens (tertiary/aromatic N) is 4. The van der Waals surface area contributed by atoms with E-state index in [0.29, 0.717) is 0 Å². The number of fused-ring (bicyclic) bond motifs is 3. The van der Waals surface area contributed by atoms with Gasteiger partial charge in [-0.3, -0.25) is 0 Å². The van der Waals surface area contributed by atoms with E-state index in [9.17, 15) is 4.79 Å². The molecule has 1 amide bonds. The molecule has 120 valence electrons. The lowest BCUT2D eigenvalue weighted by Gasteiger charge is -2.28. The molecule has 0 unspecified atom stereocenters. The fraction of sp³-hybridized carbons (Fsp3) is 0.467. The number of hydrogen-bond acceptors (Lipinski definition) is 5. The Kier molecular flexibility index (Phi) is 3.36. The van der Waals surface area contributed by atoms with E-state index in [-0.39, 0.29) is 18.2 Å². The van der Waals surface area contributed by atoms with Crippen molar-refractivity contribution >= 4 is 28.2 Å². The Morgan fingerprint density at radius 2 is 2.22 bits per heavy atom. The van der Waals surface area contributed by atoms with Crippen LogP contribution in [0.4, 0.5) is 4.79 Å². The standard InChI is InChI=1S/C15H18N6O2/c1-23-15(22)18-9-2-4-10(5-3-9)21-13-11-6-7-16-14(11)17-8-12(13)19-20-21/h6-10H,2-5H2,1H3,(H,16,17)(H,18,22)/t9-,10-. The third kappa shape index (κ3) is 2.39. The summed E-state index contributed by atoms with van der Waals surface area (Å²) in [5.41, 5.74) is 2.69. The SMILES string of the molecule is COC(=O)N[C@H]1CC[C@H](n2nnc3cnc4[nH]ccc4c32)CC1. The van der Waals surface area contributed by atoms with Crippen LogP contribution in [0.25, 0.3) is 22.1 Å². The van der Waals surface area contributed by atoms with Crippen molar-refractivity contribution in [1.29, 1.82) is 0 Å². The monoisotopic (exact) mass is 314 g/mol. The third-order valence-electron chi connectivity index (χ3n) is 4.57. The lowest BCUT2D eigenvalue weighted by Crippen LogP contribution is -2.38. The molecule has 3 aromatic rings. The number of methoxy groups -OCH3 is 1. The summed E-state index contributed by atoms with van der Waals surface area (Å²) >= 11 is 0. The summed E-state index contributed by atoms with van der Waals surface area (Å²) in [4.78, 5) is 18.8. The maximum absolute atomic E-state index is 11.3. The first kappa shape index (κ1) is 14.0. The van der Waals surface area contributed by atoms with Gasteiger partial charge in [0.2, 0.25) is 0 Å². The van der Waals surface area contributed by atoms with Crippen LogP contribution in [0.2, 0.25) is 0 Å². The van der Waals surface area contributed by atoms with Crippen LogP contribution in [-0.2, 0) is 4.74 Å². The van der Waals surface area contributed by atoms with Gasteiger partial charge in [-0.1, -0.05) is 5.21 Å². The van der Waals surface area contributed by atoms with E-state index in [0.717, 1.165) is 47.8 Å². The Labute approximate surface area is 132 Å². The van der Waals surface area contributed by atoms with E-state index >= 15 is 0 Å². The van der Waals surface area contributed by atoms with Gasteiger partial charge in [0.15, 0.2) is 0 Å². The molecule has 1 aliphatic carbocycles. The minimum absolute atomic E-state index is 0.169. The highest BCUT2D eigenvalue weighted by Gasteiger charge is 2.26. The Hall–Kier alpha value is -2.64. The van der Waals surface area contributed by atoms with Gasteiger partial charge in [-0.15, -0.1) is 5.10 Å². The van der Waals surface area contributed by atoms with Crippen LogP contribution >= 0.6 is 0 Å². The molecule has 23 heavy (non-hydrogen) atoms. The molecule has 8 nitrogen and oxygen atoms in total. The molecule has 0 saturated heterocycles. The molecular formula is C15H18N6O2. The second-order valence-corrected chi connectivity index (χ2v) is 5.91. The van der Waals surface area contributed by atoms with Crippen LogP contribution < -0.4 is 5.32 Å². The number of rotatable bonds is 2. The van der Waals surface area contributed by atoms with Crippen LogP contribution in [0.3, 0.4) is 0 Å². The summed E-state index contributed by atoms with van der Waals surface area (Å²) in [5, 5.41) is 12.5. The van der Waals surface area contributed by atoms with Crippen molar-refractivity contribution in [3.63, 3.8) is 0 Å². The smallest absolute Gasteiger partial charge is 0.407 e. The van der Waals surface area contributed by atoms with Crippen molar-refractivity contribution < 1.29 is 9.53 Å². The van der Waals surface area contributed by atoms with E-state index in [1.54, 1.807) is 6.20 Å². The molecule has 0 aliphatic heterocycles. The Balaban J connectivity index is 1.59. The fourth-order valence-electron chi connectivity index (χ4n) is 3.38. The second kappa shape index (κ2) is 5.53. The van der Waals surface area contributed by atoms with Gasteiger partial charge in [-0.05, 0) is 31.7 Å². The lowest BCUT2D eigenvalue weighted by molar-refractivity contribution is 0.160. The number of H-pyrrole nitrogens is 1. The highest BCUT2D eigenvalue weighted by Crippen LogP contribution is 2.32. The van der Waals surface area contributed by atoms with E-state index in [1.807, 2.05) is 16.9 Å². The van der Waals surface area contributed by atoms with Gasteiger partial charge in [0.05, 0.1) is 19.3 Å². The van der Waals surface area contributed by atoms with Crippen LogP contribution in [0, 0.1) is 0 Å². The van der Waals surface area contributed by atoms with Gasteiger partial charge in [0.1, 0.15) is 16.7 Å². The number of pyridine rings is 1. The number of alkyl carbamates (subject to hydrolysis) is 1. The van der Waals surface area contributed by atoms with Crippen LogP contribution in [-0.4, -0.2) is 44.2 Å². The minimum Gasteiger partial charge on any atom is -0.453 e. The molecule has 8 heteroatoms. The molecule has 2 N–H and O–H groups in total. The summed E-state index contributed by atoms with van der Waals surface area (Å²) in [6.45, 7) is 0. The van der Waals surface area contributed by atoms with Gasteiger partial charge in [0, 0.05) is 17.6 Å². The van der Waals surface area contributed by atoms with E-state index in [2.05, 4.69) is 30.3 Å². The van der Waals surface area contributed by atoms with E-state index < -0.39 is 0 Å². The molecular weight excluding hydrogens is 296 g/mol. The molecule has 0 radical (unpaired) electrons. The van der Waals surface area contributed by atoms with Crippen molar-refractivity contribution in [1.82, 2.24) is 30.3 Å². The normalized spacial score (nSPS) is 21.6. The van der Waals surface area contributed by atoms with Crippen molar-refractivity contribution in [2.75, 3.05) is 7.11 Å². The average molecular weight is 314 g/mol. The molecule has 4 rings (SSSR count). The van der Waals surface area contributed by atoms with Gasteiger partial charge in [-0.2, -0.15) is 0 Å². The second-order valence-electron chi connectivity index (χ2n) is 5.91. The minimum atomic E-state index is -0.361. The van der Waals surface area contributed by atoms with Crippen LogP contribution in [0.5, 0.6) is 0 Å². The fourth-order valence-corrected chi connectivity index (χ4v) is 3.38. The topological polar surface area (TPSA) is 97.7 Å². The average Bonchev–Trinajstić information content (AvgIpc) is 3.21. The van der Waals surface area contributed by atoms with Crippen molar-refractivity contribution in [2.24, 2.45) is 0 Å². The molecule has 0 atom stereocenters. The lowest BCUT2D eigenvalue weighted by atomic mass is 9.91. The summed E-state index contributed by atoms with van der Waals surface area (Å²) in [5.74, 6) is 0. The van der Waals surface area contributed by atoms with Gasteiger partial charge in [-0.25, -0.2) is 14.5 Å². The van der Waals surface area contributed by atoms with E-state index in [4.69, 9.17) is 0 Å². The molecule has 1 saturated carbocycles. The number of amides is 1. The zero-order chi connectivity index (χ0) is 15.8. The predicted octanol–water partition coefficient (Wildman–Crippen LogP) is 2.15. The Morgan fingerprint density at radius 1 is 1.39 bits per heavy atom. The summed E-state index contributed by atoms with van der Waals surface area (Å²) in [6.07, 6.45) is 6.97. The highest BCUT2D eigenvalue weighted by atomic mass is 16.5. The van der Waals surface area contributed by atoms with Crippen LogP contribution in [0.1, 0.15) is 31.7 Å². The molecule has 0 bridgehead atoms. The summed E-state index contributed by atoms with van der Waals surface area (Å²) in [7, 11) is 1.39. The number of hydrogen-bond donors (Lipinski definition) is 2. The highest BCUT2D eigenvalue weighted by molar-refractivity contribution is 6.00. The number of carbonyl (C=O) groups is 1. The first-order chi connectivity index (χ1) is 11.3. The largest absolute Gasteiger partial charge is 0.453 e. The third-order valence-corrected chi connectivity index (χ3v) is 4.57. The Morgan fingerprint density at radius 3 is 3.00 bits per heavy atom. The molecule has 3 aromatic heterocycles. The number of ether oxygens (including phenoxy) is 1. The van der Waals surface area contributed by atoms with Crippen molar-refractivity contribution in [2.45, 2.75) is 37.8 Å². The molecule has 1 aliphatic rings. The maximum atomic E-state index is 11.3. The van der Waals surface area contributed by atoms with Gasteiger partial charge < -0.3 is 15.0 Å².